The monoisotopic (exact) mass is 308 g/mol. The van der Waals surface area contributed by atoms with Crippen LogP contribution in [-0.2, 0) is 9.59 Å². The molecular weight excluding hydrogens is 284 g/mol. The number of hydrogen-bond acceptors (Lipinski definition) is 3. The highest BCUT2D eigenvalue weighted by atomic mass is 32.1. The highest BCUT2D eigenvalue weighted by Gasteiger charge is 2.41. The van der Waals surface area contributed by atoms with Crippen LogP contribution in [0.5, 0.6) is 0 Å². The van der Waals surface area contributed by atoms with Gasteiger partial charge in [-0.3, -0.25) is 9.59 Å². The molecule has 0 aliphatic carbocycles. The summed E-state index contributed by atoms with van der Waals surface area (Å²) in [6.07, 6.45) is 0.969. The molecule has 4 nitrogen and oxygen atoms in total. The third-order valence-corrected chi connectivity index (χ3v) is 5.41. The van der Waals surface area contributed by atoms with Crippen LogP contribution in [0.2, 0.25) is 0 Å². The highest BCUT2D eigenvalue weighted by Crippen LogP contribution is 2.32. The SMILES string of the molecule is CCC1(C)NC(=O)CCN(C(C)c2cc(C)sc2C)C1=O. The van der Waals surface area contributed by atoms with Gasteiger partial charge < -0.3 is 10.2 Å². The van der Waals surface area contributed by atoms with Gasteiger partial charge in [-0.1, -0.05) is 6.92 Å². The molecule has 1 saturated heterocycles. The molecule has 0 aromatic carbocycles. The Labute approximate surface area is 130 Å². The van der Waals surface area contributed by atoms with Crippen molar-refractivity contribution in [1.29, 1.82) is 0 Å². The molecule has 5 heteroatoms. The maximum absolute atomic E-state index is 12.9. The Kier molecular flexibility index (Phi) is 4.42. The number of carbonyl (C=O) groups excluding carboxylic acids is 2. The average molecular weight is 308 g/mol. The molecule has 2 unspecified atom stereocenters. The van der Waals surface area contributed by atoms with Crippen LogP contribution < -0.4 is 5.32 Å². The fraction of sp³-hybridized carbons (Fsp3) is 0.625. The normalized spacial score (nSPS) is 24.7. The molecule has 0 saturated carbocycles. The van der Waals surface area contributed by atoms with Gasteiger partial charge in [-0.2, -0.15) is 0 Å². The van der Waals surface area contributed by atoms with Gasteiger partial charge in [0.25, 0.3) is 0 Å². The van der Waals surface area contributed by atoms with E-state index in [2.05, 4.69) is 32.2 Å². The van der Waals surface area contributed by atoms with Crippen LogP contribution in [0.25, 0.3) is 0 Å². The lowest BCUT2D eigenvalue weighted by molar-refractivity contribution is -0.140. The van der Waals surface area contributed by atoms with Crippen LogP contribution in [0.1, 0.15) is 55.0 Å². The van der Waals surface area contributed by atoms with Crippen molar-refractivity contribution in [2.24, 2.45) is 0 Å². The van der Waals surface area contributed by atoms with Crippen LogP contribution in [-0.4, -0.2) is 28.8 Å². The molecule has 1 aliphatic heterocycles. The summed E-state index contributed by atoms with van der Waals surface area (Å²) in [4.78, 5) is 29.1. The van der Waals surface area contributed by atoms with Gasteiger partial charge in [0.1, 0.15) is 5.54 Å². The third kappa shape index (κ3) is 2.98. The van der Waals surface area contributed by atoms with E-state index in [9.17, 15) is 9.59 Å². The van der Waals surface area contributed by atoms with E-state index < -0.39 is 5.54 Å². The minimum absolute atomic E-state index is 0.000949. The van der Waals surface area contributed by atoms with Gasteiger partial charge in [-0.25, -0.2) is 0 Å². The Morgan fingerprint density at radius 1 is 1.43 bits per heavy atom. The van der Waals surface area contributed by atoms with Gasteiger partial charge >= 0.3 is 0 Å². The Morgan fingerprint density at radius 2 is 2.10 bits per heavy atom. The van der Waals surface area contributed by atoms with Crippen LogP contribution in [0, 0.1) is 13.8 Å². The average Bonchev–Trinajstić information content (AvgIpc) is 2.71. The molecule has 2 amide bonds. The summed E-state index contributed by atoms with van der Waals surface area (Å²) in [5.41, 5.74) is 0.402. The second-order valence-corrected chi connectivity index (χ2v) is 7.49. The Bertz CT molecular complexity index is 567. The van der Waals surface area contributed by atoms with Crippen LogP contribution >= 0.6 is 11.3 Å². The zero-order chi connectivity index (χ0) is 15.8. The fourth-order valence-electron chi connectivity index (χ4n) is 2.91. The molecule has 21 heavy (non-hydrogen) atoms. The summed E-state index contributed by atoms with van der Waals surface area (Å²) >= 11 is 1.75. The number of thiophene rings is 1. The van der Waals surface area contributed by atoms with Crippen molar-refractivity contribution in [3.05, 3.63) is 21.4 Å². The smallest absolute Gasteiger partial charge is 0.248 e. The molecular formula is C16H24N2O2S. The summed E-state index contributed by atoms with van der Waals surface area (Å²) in [7, 11) is 0. The van der Waals surface area contributed by atoms with Crippen molar-refractivity contribution < 1.29 is 9.59 Å². The highest BCUT2D eigenvalue weighted by molar-refractivity contribution is 7.12. The van der Waals surface area contributed by atoms with Gasteiger partial charge in [0.15, 0.2) is 0 Å². The van der Waals surface area contributed by atoms with E-state index in [1.165, 1.54) is 15.3 Å². The van der Waals surface area contributed by atoms with E-state index >= 15 is 0 Å². The summed E-state index contributed by atoms with van der Waals surface area (Å²) in [5.74, 6) is -0.0211. The largest absolute Gasteiger partial charge is 0.342 e. The summed E-state index contributed by atoms with van der Waals surface area (Å²) in [5, 5.41) is 2.88. The molecule has 1 aliphatic rings. The van der Waals surface area contributed by atoms with Crippen molar-refractivity contribution in [2.75, 3.05) is 6.54 Å². The molecule has 2 heterocycles. The maximum atomic E-state index is 12.9. The van der Waals surface area contributed by atoms with E-state index in [4.69, 9.17) is 0 Å². The minimum atomic E-state index is -0.791. The van der Waals surface area contributed by atoms with E-state index in [1.54, 1.807) is 11.3 Å². The lowest BCUT2D eigenvalue weighted by Crippen LogP contribution is -2.55. The molecule has 116 valence electrons. The van der Waals surface area contributed by atoms with Gasteiger partial charge in [0.05, 0.1) is 6.04 Å². The molecule has 1 fully saturated rings. The molecule has 0 radical (unpaired) electrons. The number of nitrogens with zero attached hydrogens (tertiary/aromatic N) is 1. The number of nitrogens with one attached hydrogen (secondary N) is 1. The summed E-state index contributed by atoms with van der Waals surface area (Å²) in [6, 6.07) is 2.16. The second kappa shape index (κ2) is 5.79. The minimum Gasteiger partial charge on any atom is -0.342 e. The molecule has 1 N–H and O–H groups in total. The second-order valence-electron chi connectivity index (χ2n) is 6.03. The van der Waals surface area contributed by atoms with E-state index in [1.807, 2.05) is 18.7 Å². The number of hydrogen-bond donors (Lipinski definition) is 1. The molecule has 2 rings (SSSR count). The Hall–Kier alpha value is -1.36. The first kappa shape index (κ1) is 16.0. The van der Waals surface area contributed by atoms with Gasteiger partial charge in [-0.15, -0.1) is 11.3 Å². The topological polar surface area (TPSA) is 49.4 Å². The number of amides is 2. The summed E-state index contributed by atoms with van der Waals surface area (Å²) < 4.78 is 0. The van der Waals surface area contributed by atoms with Crippen LogP contribution in [0.15, 0.2) is 6.07 Å². The molecule has 0 bridgehead atoms. The van der Waals surface area contributed by atoms with Gasteiger partial charge in [0, 0.05) is 22.7 Å². The lowest BCUT2D eigenvalue weighted by atomic mass is 9.95. The quantitative estimate of drug-likeness (QED) is 0.933. The van der Waals surface area contributed by atoms with Crippen molar-refractivity contribution in [2.45, 2.75) is 59.0 Å². The van der Waals surface area contributed by atoms with E-state index in [-0.39, 0.29) is 17.9 Å². The van der Waals surface area contributed by atoms with Crippen molar-refractivity contribution in [3.63, 3.8) is 0 Å². The summed E-state index contributed by atoms with van der Waals surface area (Å²) in [6.45, 7) is 10.5. The number of rotatable bonds is 3. The predicted octanol–water partition coefficient (Wildman–Crippen LogP) is 2.94. The van der Waals surface area contributed by atoms with Gasteiger partial charge in [-0.05, 0) is 45.7 Å². The molecule has 1 aromatic rings. The number of aryl methyl sites for hydroxylation is 2. The molecule has 1 aromatic heterocycles. The van der Waals surface area contributed by atoms with Crippen molar-refractivity contribution in [3.8, 4) is 0 Å². The zero-order valence-electron chi connectivity index (χ0n) is 13.4. The van der Waals surface area contributed by atoms with Crippen LogP contribution in [0.4, 0.5) is 0 Å². The van der Waals surface area contributed by atoms with Crippen molar-refractivity contribution >= 4 is 23.2 Å². The van der Waals surface area contributed by atoms with Crippen LogP contribution in [0.3, 0.4) is 0 Å². The Balaban J connectivity index is 2.35. The standard InChI is InChI=1S/C16H24N2O2S/c1-6-16(5)15(20)18(8-7-14(19)17-16)11(3)13-9-10(2)21-12(13)4/h9,11H,6-8H2,1-5H3,(H,17,19). The fourth-order valence-corrected chi connectivity index (χ4v) is 3.92. The van der Waals surface area contributed by atoms with E-state index in [0.29, 0.717) is 19.4 Å². The van der Waals surface area contributed by atoms with E-state index in [0.717, 1.165) is 0 Å². The predicted molar refractivity (Wildman–Crippen MR) is 85.4 cm³/mol. The third-order valence-electron chi connectivity index (χ3n) is 4.43. The maximum Gasteiger partial charge on any atom is 0.248 e. The zero-order valence-corrected chi connectivity index (χ0v) is 14.3. The molecule has 2 atom stereocenters. The first-order valence-electron chi connectivity index (χ1n) is 7.47. The first-order chi connectivity index (χ1) is 9.78. The number of carbonyl (C=O) groups is 2. The Morgan fingerprint density at radius 3 is 2.62 bits per heavy atom. The molecule has 0 spiro atoms. The lowest BCUT2D eigenvalue weighted by Gasteiger charge is -2.35. The first-order valence-corrected chi connectivity index (χ1v) is 8.29. The van der Waals surface area contributed by atoms with Gasteiger partial charge in [0.2, 0.25) is 11.8 Å². The van der Waals surface area contributed by atoms with Crippen molar-refractivity contribution in [1.82, 2.24) is 10.2 Å².